The van der Waals surface area contributed by atoms with E-state index in [9.17, 15) is 14.4 Å². The molecular formula is C26H35NO5. The minimum absolute atomic E-state index is 0.0643. The van der Waals surface area contributed by atoms with E-state index in [1.807, 2.05) is 0 Å². The van der Waals surface area contributed by atoms with E-state index in [0.717, 1.165) is 44.3 Å². The van der Waals surface area contributed by atoms with Crippen molar-refractivity contribution < 1.29 is 23.9 Å². The first-order valence-corrected chi connectivity index (χ1v) is 12.4. The number of rotatable bonds is 3. The van der Waals surface area contributed by atoms with Crippen molar-refractivity contribution in [1.29, 1.82) is 0 Å². The van der Waals surface area contributed by atoms with Crippen LogP contribution in [0.3, 0.4) is 0 Å². The van der Waals surface area contributed by atoms with Crippen LogP contribution in [-0.4, -0.2) is 54.0 Å². The Morgan fingerprint density at radius 2 is 1.91 bits per heavy atom. The van der Waals surface area contributed by atoms with Gasteiger partial charge < -0.3 is 9.47 Å². The number of esters is 2. The lowest BCUT2D eigenvalue weighted by atomic mass is 9.43. The van der Waals surface area contributed by atoms with Crippen LogP contribution in [0.25, 0.3) is 0 Å². The summed E-state index contributed by atoms with van der Waals surface area (Å²) in [5.41, 5.74) is 0.446. The van der Waals surface area contributed by atoms with Gasteiger partial charge in [0.25, 0.3) is 0 Å². The van der Waals surface area contributed by atoms with Crippen molar-refractivity contribution in [2.45, 2.75) is 78.0 Å². The Kier molecular flexibility index (Phi) is 4.08. The van der Waals surface area contributed by atoms with Crippen LogP contribution in [0.15, 0.2) is 12.2 Å². The molecule has 0 N–H and O–H groups in total. The molecule has 6 heteroatoms. The number of carbonyl (C=O) groups excluding carboxylic acids is 3. The summed E-state index contributed by atoms with van der Waals surface area (Å²) in [6, 6.07) is 0.260. The fourth-order valence-electron chi connectivity index (χ4n) is 10.4. The minimum atomic E-state index is -0.405. The van der Waals surface area contributed by atoms with Gasteiger partial charge in [0.2, 0.25) is 0 Å². The first kappa shape index (κ1) is 20.9. The van der Waals surface area contributed by atoms with Crippen LogP contribution in [0.1, 0.15) is 59.8 Å². The molecule has 0 amide bonds. The van der Waals surface area contributed by atoms with Crippen LogP contribution in [-0.2, 0) is 23.9 Å². The molecule has 1 saturated heterocycles. The Labute approximate surface area is 190 Å². The van der Waals surface area contributed by atoms with Crippen molar-refractivity contribution >= 4 is 17.7 Å². The van der Waals surface area contributed by atoms with Crippen LogP contribution >= 0.6 is 0 Å². The van der Waals surface area contributed by atoms with E-state index >= 15 is 0 Å². The number of fused-ring (bicyclic) bond motifs is 1. The molecule has 2 spiro atoms. The van der Waals surface area contributed by atoms with E-state index < -0.39 is 6.10 Å². The fourth-order valence-corrected chi connectivity index (χ4v) is 10.4. The van der Waals surface area contributed by atoms with Crippen molar-refractivity contribution in [3.05, 3.63) is 12.2 Å². The molecule has 5 saturated carbocycles. The van der Waals surface area contributed by atoms with Gasteiger partial charge in [-0.2, -0.15) is 0 Å². The summed E-state index contributed by atoms with van der Waals surface area (Å²) in [6.07, 6.45) is 3.62. The third-order valence-corrected chi connectivity index (χ3v) is 10.9. The van der Waals surface area contributed by atoms with Crippen molar-refractivity contribution in [1.82, 2.24) is 4.90 Å². The van der Waals surface area contributed by atoms with Gasteiger partial charge in [0, 0.05) is 49.6 Å². The summed E-state index contributed by atoms with van der Waals surface area (Å²) in [6.45, 7) is 13.9. The molecule has 0 aromatic heterocycles. The van der Waals surface area contributed by atoms with Crippen LogP contribution in [0.4, 0.5) is 0 Å². The van der Waals surface area contributed by atoms with Gasteiger partial charge >= 0.3 is 11.9 Å². The number of ether oxygens (including phenoxy) is 2. The van der Waals surface area contributed by atoms with Crippen molar-refractivity contribution in [2.75, 3.05) is 13.1 Å². The highest BCUT2D eigenvalue weighted by molar-refractivity contribution is 5.87. The van der Waals surface area contributed by atoms with E-state index in [0.29, 0.717) is 18.3 Å². The Morgan fingerprint density at radius 1 is 1.19 bits per heavy atom. The van der Waals surface area contributed by atoms with Gasteiger partial charge in [0.1, 0.15) is 18.0 Å². The van der Waals surface area contributed by atoms with E-state index in [4.69, 9.17) is 9.47 Å². The van der Waals surface area contributed by atoms with Gasteiger partial charge in [-0.1, -0.05) is 20.4 Å². The number of likely N-dealkylation sites (tertiary alicyclic amines) is 1. The van der Waals surface area contributed by atoms with Crippen molar-refractivity contribution in [3.63, 3.8) is 0 Å². The molecule has 10 atom stereocenters. The molecule has 6 nitrogen and oxygen atoms in total. The lowest BCUT2D eigenvalue weighted by Crippen LogP contribution is -2.69. The number of Topliss-reactive ketones (excluding diaryl/α,β-unsaturated/α-hetero) is 1. The second-order valence-electron chi connectivity index (χ2n) is 11.8. The Hall–Kier alpha value is -1.69. The van der Waals surface area contributed by atoms with Gasteiger partial charge in [-0.05, 0) is 61.0 Å². The van der Waals surface area contributed by atoms with Crippen molar-refractivity contribution in [3.8, 4) is 0 Å². The number of ketones is 1. The van der Waals surface area contributed by atoms with Gasteiger partial charge in [0.15, 0.2) is 0 Å². The van der Waals surface area contributed by atoms with Gasteiger partial charge in [-0.25, -0.2) is 0 Å². The smallest absolute Gasteiger partial charge is 0.303 e. The Balaban J connectivity index is 1.59. The summed E-state index contributed by atoms with van der Waals surface area (Å²) >= 11 is 0. The lowest BCUT2D eigenvalue weighted by Gasteiger charge is -2.65. The molecule has 7 bridgehead atoms. The zero-order valence-electron chi connectivity index (χ0n) is 19.7. The summed E-state index contributed by atoms with van der Waals surface area (Å²) in [5.74, 6) is 0.322. The second kappa shape index (κ2) is 6.25. The molecule has 32 heavy (non-hydrogen) atoms. The first-order chi connectivity index (χ1) is 15.1. The predicted molar refractivity (Wildman–Crippen MR) is 116 cm³/mol. The monoisotopic (exact) mass is 441 g/mol. The molecular weight excluding hydrogens is 406 g/mol. The highest BCUT2D eigenvalue weighted by Crippen LogP contribution is 2.83. The van der Waals surface area contributed by atoms with Crippen LogP contribution in [0.5, 0.6) is 0 Å². The summed E-state index contributed by atoms with van der Waals surface area (Å²) in [7, 11) is 0. The average molecular weight is 442 g/mol. The molecule has 6 rings (SSSR count). The molecule has 0 aromatic carbocycles. The molecule has 174 valence electrons. The maximum atomic E-state index is 13.4. The Morgan fingerprint density at radius 3 is 2.56 bits per heavy atom. The van der Waals surface area contributed by atoms with Gasteiger partial charge in [-0.15, -0.1) is 0 Å². The van der Waals surface area contributed by atoms with Gasteiger partial charge in [-0.3, -0.25) is 19.3 Å². The number of hydrogen-bond donors (Lipinski definition) is 0. The number of hydrogen-bond acceptors (Lipinski definition) is 6. The minimum Gasteiger partial charge on any atom is -0.462 e. The highest BCUT2D eigenvalue weighted by atomic mass is 16.5. The molecule has 6 aliphatic rings. The molecule has 1 heterocycles. The zero-order valence-corrected chi connectivity index (χ0v) is 19.7. The molecule has 0 unspecified atom stereocenters. The predicted octanol–water partition coefficient (Wildman–Crippen LogP) is 3.14. The second-order valence-corrected chi connectivity index (χ2v) is 11.8. The quantitative estimate of drug-likeness (QED) is 0.495. The van der Waals surface area contributed by atoms with Crippen LogP contribution in [0.2, 0.25) is 0 Å². The maximum Gasteiger partial charge on any atom is 0.303 e. The summed E-state index contributed by atoms with van der Waals surface area (Å²) in [5, 5.41) is 0. The van der Waals surface area contributed by atoms with Crippen LogP contribution < -0.4 is 0 Å². The molecule has 0 aromatic rings. The topological polar surface area (TPSA) is 72.9 Å². The summed E-state index contributed by atoms with van der Waals surface area (Å²) in [4.78, 5) is 40.5. The van der Waals surface area contributed by atoms with E-state index in [2.05, 4.69) is 25.3 Å². The van der Waals surface area contributed by atoms with E-state index in [1.165, 1.54) is 13.8 Å². The normalized spacial score (nSPS) is 52.7. The molecule has 6 fully saturated rings. The molecule has 0 radical (unpaired) electrons. The highest BCUT2D eigenvalue weighted by Gasteiger charge is 2.86. The number of nitrogens with zero attached hydrogens (tertiary/aromatic N) is 1. The van der Waals surface area contributed by atoms with E-state index in [1.54, 1.807) is 0 Å². The van der Waals surface area contributed by atoms with Crippen LogP contribution in [0, 0.1) is 39.9 Å². The number of carbonyl (C=O) groups is 3. The SMILES string of the molecule is C=C1[C@@H]2C[C@@]3([C@@H]1OC(C)=O)[C@@H](CC2=O)[C@@]12[C@@H](OC(C)=O)CC[C@@]4(C)CN(CC)[C@@H]1[C@@H]3C[C@@H]42. The third-order valence-electron chi connectivity index (χ3n) is 10.9. The molecule has 5 aliphatic carbocycles. The number of piperidine rings is 1. The lowest BCUT2D eigenvalue weighted by molar-refractivity contribution is -0.224. The van der Waals surface area contributed by atoms with Gasteiger partial charge in [0.05, 0.1) is 0 Å². The summed E-state index contributed by atoms with van der Waals surface area (Å²) < 4.78 is 12.2. The van der Waals surface area contributed by atoms with Crippen molar-refractivity contribution in [2.24, 2.45) is 39.9 Å². The molecule has 1 aliphatic heterocycles. The maximum absolute atomic E-state index is 13.4. The standard InChI is InChI=1S/C26H35NO5/c1-6-27-12-24(5)8-7-21(31-14(3)28)26-19(24)9-17(22(26)27)25-11-16(18(30)10-20(25)26)13(2)23(25)32-15(4)29/h16-17,19-23H,2,6-12H2,1,3-5H3/t16-,17-,19-,20+,21-,22+,23+,24-,25-,26-/m0/s1. The Bertz CT molecular complexity index is 945. The zero-order chi connectivity index (χ0) is 22.8. The van der Waals surface area contributed by atoms with E-state index in [-0.39, 0.29) is 57.9 Å². The first-order valence-electron chi connectivity index (χ1n) is 12.4. The third kappa shape index (κ3) is 2.10. The fraction of sp³-hybridized carbons (Fsp3) is 0.808. The largest absolute Gasteiger partial charge is 0.462 e. The average Bonchev–Trinajstić information content (AvgIpc) is 3.24.